The zero-order chi connectivity index (χ0) is 7.61. The highest BCUT2D eigenvalue weighted by Gasteiger charge is 2.30. The monoisotopic (exact) mass is 145 g/mol. The number of ether oxygens (including phenoxy) is 2. The second-order valence-corrected chi connectivity index (χ2v) is 2.90. The van der Waals surface area contributed by atoms with Crippen molar-refractivity contribution in [1.82, 2.24) is 0 Å². The lowest BCUT2D eigenvalue weighted by atomic mass is 10.0. The summed E-state index contributed by atoms with van der Waals surface area (Å²) in [6.45, 7) is 2.73. The molecule has 1 saturated heterocycles. The molecule has 0 radical (unpaired) electrons. The van der Waals surface area contributed by atoms with Gasteiger partial charge < -0.3 is 15.2 Å². The van der Waals surface area contributed by atoms with E-state index in [-0.39, 0.29) is 6.10 Å². The van der Waals surface area contributed by atoms with Gasteiger partial charge in [0.25, 0.3) is 0 Å². The van der Waals surface area contributed by atoms with E-state index < -0.39 is 5.72 Å². The van der Waals surface area contributed by atoms with Crippen molar-refractivity contribution in [3.05, 3.63) is 0 Å². The number of nitrogens with two attached hydrogens (primary N) is 1. The molecule has 1 aliphatic rings. The summed E-state index contributed by atoms with van der Waals surface area (Å²) in [7, 11) is 1.65. The quantitative estimate of drug-likeness (QED) is 0.546. The summed E-state index contributed by atoms with van der Waals surface area (Å²) < 4.78 is 10.5. The first-order chi connectivity index (χ1) is 4.66. The van der Waals surface area contributed by atoms with Crippen molar-refractivity contribution in [2.45, 2.75) is 31.6 Å². The predicted molar refractivity (Wildman–Crippen MR) is 38.6 cm³/mol. The van der Waals surface area contributed by atoms with Crippen LogP contribution in [0.25, 0.3) is 0 Å². The van der Waals surface area contributed by atoms with E-state index in [0.717, 1.165) is 12.8 Å². The predicted octanol–water partition coefficient (Wildman–Crippen LogP) is 0.487. The van der Waals surface area contributed by atoms with Crippen molar-refractivity contribution in [2.24, 2.45) is 5.73 Å². The van der Waals surface area contributed by atoms with Crippen molar-refractivity contribution in [2.75, 3.05) is 13.7 Å². The van der Waals surface area contributed by atoms with Gasteiger partial charge in [0.2, 0.25) is 0 Å². The number of hydrogen-bond acceptors (Lipinski definition) is 3. The summed E-state index contributed by atoms with van der Waals surface area (Å²) in [5, 5.41) is 0. The van der Waals surface area contributed by atoms with Gasteiger partial charge in [0.05, 0.1) is 12.7 Å². The fourth-order valence-electron chi connectivity index (χ4n) is 1.27. The summed E-state index contributed by atoms with van der Waals surface area (Å²) in [4.78, 5) is 0. The Kier molecular flexibility index (Phi) is 2.28. The maximum Gasteiger partial charge on any atom is 0.121 e. The van der Waals surface area contributed by atoms with Crippen LogP contribution in [-0.2, 0) is 9.47 Å². The molecule has 3 heteroatoms. The van der Waals surface area contributed by atoms with Crippen LogP contribution in [0.2, 0.25) is 0 Å². The highest BCUT2D eigenvalue weighted by atomic mass is 16.5. The van der Waals surface area contributed by atoms with Crippen LogP contribution in [0.15, 0.2) is 0 Å². The second-order valence-electron chi connectivity index (χ2n) is 2.90. The molecule has 1 fully saturated rings. The Labute approximate surface area is 61.5 Å². The van der Waals surface area contributed by atoms with Crippen LogP contribution in [0.5, 0.6) is 0 Å². The Morgan fingerprint density at radius 1 is 1.70 bits per heavy atom. The Morgan fingerprint density at radius 3 is 2.80 bits per heavy atom. The topological polar surface area (TPSA) is 44.5 Å². The van der Waals surface area contributed by atoms with Gasteiger partial charge in [-0.1, -0.05) is 0 Å². The van der Waals surface area contributed by atoms with Gasteiger partial charge in [-0.15, -0.1) is 0 Å². The second kappa shape index (κ2) is 2.86. The molecule has 0 aromatic carbocycles. The molecule has 0 spiro atoms. The van der Waals surface area contributed by atoms with Crippen molar-refractivity contribution >= 4 is 0 Å². The van der Waals surface area contributed by atoms with E-state index in [9.17, 15) is 0 Å². The summed E-state index contributed by atoms with van der Waals surface area (Å²) in [6.07, 6.45) is 1.83. The lowest BCUT2D eigenvalue weighted by Crippen LogP contribution is -2.49. The molecule has 0 amide bonds. The highest BCUT2D eigenvalue weighted by Crippen LogP contribution is 2.22. The van der Waals surface area contributed by atoms with E-state index in [1.165, 1.54) is 0 Å². The summed E-state index contributed by atoms with van der Waals surface area (Å²) >= 11 is 0. The maximum absolute atomic E-state index is 5.85. The fourth-order valence-corrected chi connectivity index (χ4v) is 1.27. The van der Waals surface area contributed by atoms with Crippen LogP contribution in [0.1, 0.15) is 19.8 Å². The van der Waals surface area contributed by atoms with Gasteiger partial charge in [-0.2, -0.15) is 0 Å². The standard InChI is InChI=1S/C7H15NO2/c1-6-5-7(8,9-2)3-4-10-6/h6H,3-5,8H2,1-2H3. The Balaban J connectivity index is 2.45. The first kappa shape index (κ1) is 7.98. The molecule has 0 bridgehead atoms. The van der Waals surface area contributed by atoms with Gasteiger partial charge in [0.1, 0.15) is 5.72 Å². The third-order valence-electron chi connectivity index (χ3n) is 1.97. The summed E-state index contributed by atoms with van der Waals surface area (Å²) in [5.74, 6) is 0. The first-order valence-electron chi connectivity index (χ1n) is 3.62. The number of methoxy groups -OCH3 is 1. The van der Waals surface area contributed by atoms with E-state index in [1.807, 2.05) is 6.92 Å². The lowest BCUT2D eigenvalue weighted by Gasteiger charge is -2.35. The average molecular weight is 145 g/mol. The minimum absolute atomic E-state index is 0.235. The molecule has 1 aliphatic heterocycles. The lowest BCUT2D eigenvalue weighted by molar-refractivity contribution is -0.114. The molecular formula is C7H15NO2. The van der Waals surface area contributed by atoms with Crippen molar-refractivity contribution < 1.29 is 9.47 Å². The third-order valence-corrected chi connectivity index (χ3v) is 1.97. The normalized spacial score (nSPS) is 41.7. The molecule has 1 rings (SSSR count). The number of hydrogen-bond donors (Lipinski definition) is 1. The molecule has 3 nitrogen and oxygen atoms in total. The molecule has 0 saturated carbocycles. The fraction of sp³-hybridized carbons (Fsp3) is 1.00. The molecule has 10 heavy (non-hydrogen) atoms. The first-order valence-corrected chi connectivity index (χ1v) is 3.62. The van der Waals surface area contributed by atoms with Gasteiger partial charge in [-0.25, -0.2) is 0 Å². The highest BCUT2D eigenvalue weighted by molar-refractivity contribution is 4.79. The molecule has 1 heterocycles. The molecule has 2 unspecified atom stereocenters. The molecule has 2 atom stereocenters. The Morgan fingerprint density at radius 2 is 2.40 bits per heavy atom. The van der Waals surface area contributed by atoms with Crippen molar-refractivity contribution in [3.63, 3.8) is 0 Å². The van der Waals surface area contributed by atoms with E-state index in [1.54, 1.807) is 7.11 Å². The van der Waals surface area contributed by atoms with Crippen LogP contribution in [0, 0.1) is 0 Å². The zero-order valence-corrected chi connectivity index (χ0v) is 6.59. The van der Waals surface area contributed by atoms with E-state index >= 15 is 0 Å². The summed E-state index contributed by atoms with van der Waals surface area (Å²) in [5.41, 5.74) is 5.41. The van der Waals surface area contributed by atoms with Crippen LogP contribution in [-0.4, -0.2) is 25.5 Å². The van der Waals surface area contributed by atoms with E-state index in [2.05, 4.69) is 0 Å². The average Bonchev–Trinajstić information content (AvgIpc) is 1.88. The van der Waals surface area contributed by atoms with E-state index in [4.69, 9.17) is 15.2 Å². The van der Waals surface area contributed by atoms with Crippen LogP contribution < -0.4 is 5.73 Å². The van der Waals surface area contributed by atoms with Gasteiger partial charge >= 0.3 is 0 Å². The molecule has 2 N–H and O–H groups in total. The molecule has 0 aromatic rings. The minimum atomic E-state index is -0.433. The summed E-state index contributed by atoms with van der Waals surface area (Å²) in [6, 6.07) is 0. The van der Waals surface area contributed by atoms with Gasteiger partial charge in [0.15, 0.2) is 0 Å². The maximum atomic E-state index is 5.85. The van der Waals surface area contributed by atoms with Gasteiger partial charge in [0, 0.05) is 20.0 Å². The van der Waals surface area contributed by atoms with E-state index in [0.29, 0.717) is 6.61 Å². The van der Waals surface area contributed by atoms with Crippen LogP contribution >= 0.6 is 0 Å². The van der Waals surface area contributed by atoms with Gasteiger partial charge in [-0.05, 0) is 6.92 Å². The van der Waals surface area contributed by atoms with Crippen molar-refractivity contribution in [3.8, 4) is 0 Å². The third kappa shape index (κ3) is 1.68. The van der Waals surface area contributed by atoms with Crippen LogP contribution in [0.4, 0.5) is 0 Å². The molecule has 0 aromatic heterocycles. The largest absolute Gasteiger partial charge is 0.378 e. The Hall–Kier alpha value is -0.120. The number of rotatable bonds is 1. The van der Waals surface area contributed by atoms with Crippen LogP contribution in [0.3, 0.4) is 0 Å². The SMILES string of the molecule is COC1(N)CCOC(C)C1. The Bertz CT molecular complexity index is 118. The molecule has 0 aliphatic carbocycles. The zero-order valence-electron chi connectivity index (χ0n) is 6.59. The molecular weight excluding hydrogens is 130 g/mol. The molecule has 60 valence electrons. The smallest absolute Gasteiger partial charge is 0.121 e. The van der Waals surface area contributed by atoms with Gasteiger partial charge in [-0.3, -0.25) is 0 Å². The minimum Gasteiger partial charge on any atom is -0.378 e. The van der Waals surface area contributed by atoms with Crippen molar-refractivity contribution in [1.29, 1.82) is 0 Å².